The van der Waals surface area contributed by atoms with Gasteiger partial charge in [0.25, 0.3) is 11.8 Å². The van der Waals surface area contributed by atoms with Gasteiger partial charge in [0.2, 0.25) is 0 Å². The summed E-state index contributed by atoms with van der Waals surface area (Å²) in [6, 6.07) is 13.2. The van der Waals surface area contributed by atoms with Crippen LogP contribution in [0.1, 0.15) is 24.8 Å². The molecule has 1 saturated heterocycles. The monoisotopic (exact) mass is 410 g/mol. The van der Waals surface area contributed by atoms with E-state index in [0.717, 1.165) is 18.6 Å². The van der Waals surface area contributed by atoms with Crippen LogP contribution in [0.15, 0.2) is 42.5 Å². The SMILES string of the molecule is Cc1ccc(OCCCN2C(=O)COc3ccc(NC(=O)C4CCCO4)cc32)cc1. The van der Waals surface area contributed by atoms with Crippen molar-refractivity contribution in [1.82, 2.24) is 0 Å². The molecule has 0 aliphatic carbocycles. The van der Waals surface area contributed by atoms with Crippen molar-refractivity contribution in [2.24, 2.45) is 0 Å². The average molecular weight is 410 g/mol. The van der Waals surface area contributed by atoms with Crippen molar-refractivity contribution >= 4 is 23.2 Å². The molecule has 1 unspecified atom stereocenters. The third-order valence-electron chi connectivity index (χ3n) is 5.21. The van der Waals surface area contributed by atoms with Crippen molar-refractivity contribution in [1.29, 1.82) is 0 Å². The maximum absolute atomic E-state index is 12.5. The standard InChI is InChI=1S/C23H26N2O5/c1-16-5-8-18(9-6-16)28-13-3-11-25-19-14-17(7-10-20(19)30-15-22(25)26)24-23(27)21-4-2-12-29-21/h5-10,14,21H,2-4,11-13,15H2,1H3,(H,24,27). The summed E-state index contributed by atoms with van der Waals surface area (Å²) < 4.78 is 16.8. The molecular weight excluding hydrogens is 384 g/mol. The van der Waals surface area contributed by atoms with Crippen LogP contribution < -0.4 is 19.7 Å². The Bertz CT molecular complexity index is 906. The van der Waals surface area contributed by atoms with E-state index in [-0.39, 0.29) is 18.4 Å². The van der Waals surface area contributed by atoms with E-state index in [1.807, 2.05) is 31.2 Å². The molecular formula is C23H26N2O5. The van der Waals surface area contributed by atoms with Gasteiger partial charge in [-0.2, -0.15) is 0 Å². The smallest absolute Gasteiger partial charge is 0.265 e. The second kappa shape index (κ2) is 9.17. The van der Waals surface area contributed by atoms with Crippen molar-refractivity contribution in [2.45, 2.75) is 32.3 Å². The Labute approximate surface area is 175 Å². The molecule has 0 spiro atoms. The largest absolute Gasteiger partial charge is 0.494 e. The summed E-state index contributed by atoms with van der Waals surface area (Å²) in [6.45, 7) is 3.65. The molecule has 7 nitrogen and oxygen atoms in total. The predicted octanol–water partition coefficient (Wildman–Crippen LogP) is 3.31. The Kier molecular flexibility index (Phi) is 6.18. The number of aryl methyl sites for hydroxylation is 1. The zero-order valence-electron chi connectivity index (χ0n) is 17.1. The summed E-state index contributed by atoms with van der Waals surface area (Å²) in [7, 11) is 0. The van der Waals surface area contributed by atoms with Gasteiger partial charge in [0.05, 0.1) is 12.3 Å². The number of nitrogens with zero attached hydrogens (tertiary/aromatic N) is 1. The minimum absolute atomic E-state index is 0.00738. The number of carbonyl (C=O) groups excluding carboxylic acids is 2. The molecule has 0 radical (unpaired) electrons. The van der Waals surface area contributed by atoms with E-state index in [1.165, 1.54) is 5.56 Å². The molecule has 1 N–H and O–H groups in total. The summed E-state index contributed by atoms with van der Waals surface area (Å²) in [4.78, 5) is 26.5. The van der Waals surface area contributed by atoms with Gasteiger partial charge in [0, 0.05) is 18.8 Å². The van der Waals surface area contributed by atoms with Crippen LogP contribution in [-0.4, -0.2) is 44.3 Å². The summed E-state index contributed by atoms with van der Waals surface area (Å²) in [5.74, 6) is 1.17. The van der Waals surface area contributed by atoms with E-state index in [9.17, 15) is 9.59 Å². The first kappa shape index (κ1) is 20.2. The fraction of sp³-hybridized carbons (Fsp3) is 0.391. The second-order valence-corrected chi connectivity index (χ2v) is 7.52. The molecule has 0 aromatic heterocycles. The normalized spacial score (nSPS) is 18.0. The van der Waals surface area contributed by atoms with Crippen molar-refractivity contribution in [3.63, 3.8) is 0 Å². The van der Waals surface area contributed by atoms with E-state index in [1.54, 1.807) is 23.1 Å². The summed E-state index contributed by atoms with van der Waals surface area (Å²) in [5, 5.41) is 2.88. The first-order valence-electron chi connectivity index (χ1n) is 10.3. The quantitative estimate of drug-likeness (QED) is 0.709. The average Bonchev–Trinajstić information content (AvgIpc) is 3.29. The van der Waals surface area contributed by atoms with Gasteiger partial charge in [-0.15, -0.1) is 0 Å². The lowest BCUT2D eigenvalue weighted by Crippen LogP contribution is -2.40. The highest BCUT2D eigenvalue weighted by Gasteiger charge is 2.27. The molecule has 4 rings (SSSR count). The number of hydrogen-bond acceptors (Lipinski definition) is 5. The first-order valence-corrected chi connectivity index (χ1v) is 10.3. The van der Waals surface area contributed by atoms with Crippen molar-refractivity contribution in [3.8, 4) is 11.5 Å². The highest BCUT2D eigenvalue weighted by Crippen LogP contribution is 2.35. The third-order valence-corrected chi connectivity index (χ3v) is 5.21. The Morgan fingerprint density at radius 2 is 2.07 bits per heavy atom. The molecule has 0 saturated carbocycles. The maximum Gasteiger partial charge on any atom is 0.265 e. The Balaban J connectivity index is 1.38. The molecule has 1 atom stereocenters. The number of anilines is 2. The molecule has 2 aliphatic rings. The van der Waals surface area contributed by atoms with Crippen LogP contribution in [0.3, 0.4) is 0 Å². The zero-order valence-corrected chi connectivity index (χ0v) is 17.1. The fourth-order valence-electron chi connectivity index (χ4n) is 3.58. The summed E-state index contributed by atoms with van der Waals surface area (Å²) >= 11 is 0. The van der Waals surface area contributed by atoms with E-state index in [4.69, 9.17) is 14.2 Å². The van der Waals surface area contributed by atoms with Gasteiger partial charge in [-0.25, -0.2) is 0 Å². The number of benzene rings is 2. The Hall–Kier alpha value is -3.06. The summed E-state index contributed by atoms with van der Waals surface area (Å²) in [6.07, 6.45) is 1.88. The number of fused-ring (bicyclic) bond motifs is 1. The zero-order chi connectivity index (χ0) is 20.9. The van der Waals surface area contributed by atoms with Crippen LogP contribution in [0.25, 0.3) is 0 Å². The van der Waals surface area contributed by atoms with Crippen molar-refractivity contribution < 1.29 is 23.8 Å². The van der Waals surface area contributed by atoms with Gasteiger partial charge in [0.1, 0.15) is 17.6 Å². The molecule has 2 aromatic carbocycles. The highest BCUT2D eigenvalue weighted by molar-refractivity contribution is 6.00. The van der Waals surface area contributed by atoms with E-state index < -0.39 is 6.10 Å². The third kappa shape index (κ3) is 4.74. The van der Waals surface area contributed by atoms with Crippen LogP contribution in [-0.2, 0) is 14.3 Å². The van der Waals surface area contributed by atoms with Crippen LogP contribution in [0.2, 0.25) is 0 Å². The van der Waals surface area contributed by atoms with Gasteiger partial charge in [-0.05, 0) is 56.5 Å². The number of amides is 2. The molecule has 2 amide bonds. The Morgan fingerprint density at radius 3 is 2.83 bits per heavy atom. The molecule has 158 valence electrons. The second-order valence-electron chi connectivity index (χ2n) is 7.52. The minimum atomic E-state index is -0.408. The molecule has 2 heterocycles. The van der Waals surface area contributed by atoms with Crippen LogP contribution in [0.5, 0.6) is 11.5 Å². The lowest BCUT2D eigenvalue weighted by Gasteiger charge is -2.30. The lowest BCUT2D eigenvalue weighted by molar-refractivity contribution is -0.124. The van der Waals surface area contributed by atoms with E-state index in [2.05, 4.69) is 5.32 Å². The number of carbonyl (C=O) groups is 2. The van der Waals surface area contributed by atoms with E-state index in [0.29, 0.717) is 43.3 Å². The number of nitrogens with one attached hydrogen (secondary N) is 1. The lowest BCUT2D eigenvalue weighted by atomic mass is 10.2. The first-order chi connectivity index (χ1) is 14.6. The number of rotatable bonds is 7. The molecule has 7 heteroatoms. The maximum atomic E-state index is 12.5. The van der Waals surface area contributed by atoms with Gasteiger partial charge < -0.3 is 24.4 Å². The topological polar surface area (TPSA) is 77.1 Å². The summed E-state index contributed by atoms with van der Waals surface area (Å²) in [5.41, 5.74) is 2.46. The molecule has 2 aliphatic heterocycles. The van der Waals surface area contributed by atoms with Gasteiger partial charge in [-0.3, -0.25) is 9.59 Å². The number of hydrogen-bond donors (Lipinski definition) is 1. The van der Waals surface area contributed by atoms with Crippen molar-refractivity contribution in [3.05, 3.63) is 48.0 Å². The molecule has 2 aromatic rings. The number of ether oxygens (including phenoxy) is 3. The van der Waals surface area contributed by atoms with Gasteiger partial charge in [-0.1, -0.05) is 17.7 Å². The molecule has 0 bridgehead atoms. The van der Waals surface area contributed by atoms with Gasteiger partial charge >= 0.3 is 0 Å². The highest BCUT2D eigenvalue weighted by atomic mass is 16.5. The van der Waals surface area contributed by atoms with Gasteiger partial charge in [0.15, 0.2) is 6.61 Å². The van der Waals surface area contributed by atoms with Crippen LogP contribution >= 0.6 is 0 Å². The molecule has 1 fully saturated rings. The Morgan fingerprint density at radius 1 is 1.23 bits per heavy atom. The predicted molar refractivity (Wildman–Crippen MR) is 113 cm³/mol. The van der Waals surface area contributed by atoms with Crippen LogP contribution in [0.4, 0.5) is 11.4 Å². The van der Waals surface area contributed by atoms with Crippen LogP contribution in [0, 0.1) is 6.92 Å². The van der Waals surface area contributed by atoms with E-state index >= 15 is 0 Å². The van der Waals surface area contributed by atoms with Crippen molar-refractivity contribution in [2.75, 3.05) is 36.6 Å². The fourth-order valence-corrected chi connectivity index (χ4v) is 3.58. The minimum Gasteiger partial charge on any atom is -0.494 e. The molecule has 30 heavy (non-hydrogen) atoms.